The second-order valence-corrected chi connectivity index (χ2v) is 22.9. The summed E-state index contributed by atoms with van der Waals surface area (Å²) in [6.07, 6.45) is 19.9. The van der Waals surface area contributed by atoms with Gasteiger partial charge in [-0.25, -0.2) is 29.9 Å². The molecule has 0 atom stereocenters. The van der Waals surface area contributed by atoms with Crippen molar-refractivity contribution in [3.05, 3.63) is 189 Å². The van der Waals surface area contributed by atoms with Gasteiger partial charge in [-0.1, -0.05) is 68.9 Å². The van der Waals surface area contributed by atoms with E-state index in [0.717, 1.165) is 81.5 Å². The van der Waals surface area contributed by atoms with Crippen LogP contribution in [-0.4, -0.2) is 85.6 Å². The summed E-state index contributed by atoms with van der Waals surface area (Å²) in [5, 5.41) is 70.1. The summed E-state index contributed by atoms with van der Waals surface area (Å²) in [5.74, 6) is 0.328. The fourth-order valence-electron chi connectivity index (χ4n) is 9.61. The largest absolute Gasteiger partial charge is 2.00 e. The van der Waals surface area contributed by atoms with Gasteiger partial charge >= 0.3 is 40.5 Å². The zero-order valence-corrected chi connectivity index (χ0v) is 57.4. The minimum Gasteiger partial charge on any atom is -0.872 e. The zero-order valence-electron chi connectivity index (χ0n) is 48.2. The molecule has 0 bridgehead atoms. The summed E-state index contributed by atoms with van der Waals surface area (Å²) < 4.78 is 18.2. The summed E-state index contributed by atoms with van der Waals surface area (Å²) in [4.78, 5) is 41.2. The first-order valence-corrected chi connectivity index (χ1v) is 29.0. The molecule has 0 amide bonds. The van der Waals surface area contributed by atoms with Gasteiger partial charge in [-0.3, -0.25) is 15.0 Å². The van der Waals surface area contributed by atoms with Crippen molar-refractivity contribution in [2.45, 2.75) is 6.92 Å². The summed E-state index contributed by atoms with van der Waals surface area (Å²) in [7, 11) is 0. The van der Waals surface area contributed by atoms with Crippen LogP contribution in [0.15, 0.2) is 193 Å². The fourth-order valence-corrected chi connectivity index (χ4v) is 13.9. The van der Waals surface area contributed by atoms with E-state index >= 15 is 0 Å². The van der Waals surface area contributed by atoms with Crippen LogP contribution in [-0.2, 0) is 39.0 Å². The number of fused-ring (bicyclic) bond motifs is 18. The number of phenolic OH excluding ortho intramolecular Hbond substituents is 1. The molecule has 0 saturated carbocycles. The standard InChI is InChI=1S/C11H8N2OS.C11H7NO2.C10H6N2O2.3C10H6N2OS.4Be.2Zn/c1-6-2-7(14)10-8(3-6)15-9-4-12-5-13-11(9)10;13-7-3-1-4-8-10(7)11-9(14-8)5-2-6-12-11;13-10-8-6(3-5-12-10)14-7-2-1-4-11-9(7)8;13-6-3-5-12-10-8(6)9-7(14-10)2-1-4-11-9;13-6-4-11-5-8-9(6)10-7(14-8)2-1-3-12-10;13-6-2-1-3-7-9(6)10-8(14-7)4-11-5-12-10;;;;;;/h2-5,14H,1H3;1-6,13H;2*1-5H,(H,12,13);2*1-5,13H;;;;;;/q;;;;;;4*+2;;. The predicted molar refractivity (Wildman–Crippen MR) is 344 cm³/mol. The van der Waals surface area contributed by atoms with Crippen LogP contribution >= 0.6 is 45.3 Å². The van der Waals surface area contributed by atoms with Gasteiger partial charge in [0.25, 0.3) is 12.7 Å². The normalized spacial score (nSPS) is 10.4. The van der Waals surface area contributed by atoms with Gasteiger partial charge in [0.1, 0.15) is 57.0 Å². The van der Waals surface area contributed by atoms with Crippen molar-refractivity contribution in [2.24, 2.45) is 0 Å². The van der Waals surface area contributed by atoms with Crippen molar-refractivity contribution in [1.82, 2.24) is 34.9 Å². The number of aromatic hydroxyl groups is 2. The minimum atomic E-state index is -0.0417. The van der Waals surface area contributed by atoms with E-state index in [1.165, 1.54) is 29.8 Å². The molecule has 418 valence electrons. The van der Waals surface area contributed by atoms with Crippen molar-refractivity contribution in [3.63, 3.8) is 0 Å². The molecule has 91 heavy (non-hydrogen) atoms. The number of nitrogens with zero attached hydrogens (tertiary/aromatic N) is 7. The molecule has 15 aromatic heterocycles. The summed E-state index contributed by atoms with van der Waals surface area (Å²) in [5.41, 5.74) is 8.59. The Labute approximate surface area is 570 Å². The van der Waals surface area contributed by atoms with Crippen molar-refractivity contribution in [2.75, 3.05) is 0 Å². The van der Waals surface area contributed by atoms with Gasteiger partial charge in [-0.05, 0) is 67.6 Å². The van der Waals surface area contributed by atoms with Crippen molar-refractivity contribution >= 4 is 211 Å². The van der Waals surface area contributed by atoms with Crippen LogP contribution in [0.25, 0.3) is 125 Å². The molecule has 0 saturated heterocycles. The number of aromatic amines is 4. The number of hydrogen-bond acceptors (Lipinski definition) is 19. The number of pyridine rings is 7. The molecule has 29 heteroatoms. The van der Waals surface area contributed by atoms with Crippen molar-refractivity contribution < 1.29 is 98.4 Å². The Kier molecular flexibility index (Phi) is 23.1. The molecular weight excluding hydrogens is 1320 g/mol. The topological polar surface area (TPSA) is 306 Å². The molecule has 18 rings (SSSR count). The van der Waals surface area contributed by atoms with E-state index in [1.54, 1.807) is 126 Å². The Hall–Kier alpha value is -8.93. The smallest absolute Gasteiger partial charge is 0.872 e. The molecule has 0 unspecified atom stereocenters. The molecule has 19 nitrogen and oxygen atoms in total. The fraction of sp³-hybridized carbons (Fsp3) is 0.0161. The SMILES string of the molecule is Cc1cc([O-])c2c(c1)sc1cnc[nH+]c12.Oc1cccc2oc3cccnc3c12.Oc1nccc2oc3cccnc3c12.[Be+2].[Be+2].[Be+2].[Be+2].[O-]c1cccc2sc3cnc[nH+]c3c12.[O-]c1ccnc2sc3ccc[nH+]c3c12.[O-]c1cncc2sc3ccc[nH+]c3c12.[Zn].[Zn]. The third kappa shape index (κ3) is 13.9. The number of nitrogens with one attached hydrogen (secondary N) is 4. The van der Waals surface area contributed by atoms with Crippen LogP contribution in [0.5, 0.6) is 34.6 Å². The molecule has 0 fully saturated rings. The number of furan rings is 2. The van der Waals surface area contributed by atoms with Gasteiger partial charge < -0.3 is 39.5 Å². The van der Waals surface area contributed by atoms with E-state index in [9.17, 15) is 30.6 Å². The van der Waals surface area contributed by atoms with E-state index in [0.29, 0.717) is 49.5 Å². The number of rotatable bonds is 0. The predicted octanol–water partition coefficient (Wildman–Crippen LogP) is 8.90. The van der Waals surface area contributed by atoms with Crippen molar-refractivity contribution in [3.8, 4) is 34.6 Å². The molecular formula is C62H39Be4N11O8S4Zn2+8. The molecule has 18 aromatic rings. The van der Waals surface area contributed by atoms with E-state index in [2.05, 4.69) is 54.8 Å². The van der Waals surface area contributed by atoms with Crippen LogP contribution in [0.2, 0.25) is 0 Å². The molecule has 15 heterocycles. The van der Waals surface area contributed by atoms with Crippen LogP contribution in [0, 0.1) is 6.92 Å². The average Bonchev–Trinajstić information content (AvgIpc) is 1.75. The molecule has 0 radical (unpaired) electrons. The Balaban J connectivity index is 0.000000153. The maximum atomic E-state index is 11.8. The third-order valence-corrected chi connectivity index (χ3v) is 17.6. The van der Waals surface area contributed by atoms with Crippen LogP contribution in [0.4, 0.5) is 0 Å². The van der Waals surface area contributed by atoms with E-state index in [1.807, 2.05) is 80.0 Å². The second-order valence-electron chi connectivity index (χ2n) is 18.6. The number of benzene rings is 3. The maximum absolute atomic E-state index is 11.8. The van der Waals surface area contributed by atoms with E-state index < -0.39 is 0 Å². The maximum Gasteiger partial charge on any atom is 2.00 e. The molecule has 0 aliphatic heterocycles. The third-order valence-electron chi connectivity index (χ3n) is 13.2. The zero-order chi connectivity index (χ0) is 58.1. The van der Waals surface area contributed by atoms with Crippen LogP contribution < -0.4 is 40.4 Å². The Bertz CT molecular complexity index is 4880. The Morgan fingerprint density at radius 1 is 0.396 bits per heavy atom. The molecule has 3 aromatic carbocycles. The summed E-state index contributed by atoms with van der Waals surface area (Å²) in [6.45, 7) is 1.94. The average molecular weight is 1360 g/mol. The van der Waals surface area contributed by atoms with E-state index in [4.69, 9.17) is 8.83 Å². The summed E-state index contributed by atoms with van der Waals surface area (Å²) in [6, 6.07) is 32.5. The number of aryl methyl sites for hydroxylation is 1. The van der Waals surface area contributed by atoms with Crippen molar-refractivity contribution in [1.29, 1.82) is 0 Å². The van der Waals surface area contributed by atoms with Gasteiger partial charge in [0.15, 0.2) is 47.0 Å². The molecule has 0 spiro atoms. The van der Waals surface area contributed by atoms with Gasteiger partial charge in [-0.2, -0.15) is 0 Å². The van der Waals surface area contributed by atoms with Gasteiger partial charge in [0, 0.05) is 115 Å². The number of H-pyrrole nitrogens is 4. The second kappa shape index (κ2) is 30.3. The van der Waals surface area contributed by atoms with Gasteiger partial charge in [-0.15, -0.1) is 45.3 Å². The van der Waals surface area contributed by atoms with Crippen LogP contribution in [0.1, 0.15) is 5.56 Å². The first kappa shape index (κ1) is 69.5. The number of hydrogen-bond donors (Lipinski definition) is 2. The minimum absolute atomic E-state index is 0. The Morgan fingerprint density at radius 3 is 1.59 bits per heavy atom. The quantitative estimate of drug-likeness (QED) is 0.134. The molecule has 6 N–H and O–H groups in total. The Morgan fingerprint density at radius 2 is 0.912 bits per heavy atom. The number of aromatic nitrogens is 11. The monoisotopic (exact) mass is 1360 g/mol. The van der Waals surface area contributed by atoms with Gasteiger partial charge in [0.2, 0.25) is 16.9 Å². The van der Waals surface area contributed by atoms with Crippen LogP contribution in [0.3, 0.4) is 0 Å². The van der Waals surface area contributed by atoms with Gasteiger partial charge in [0.05, 0.1) is 20.9 Å². The number of phenols is 1. The first-order chi connectivity index (χ1) is 41.6. The molecule has 0 aliphatic rings. The first-order valence-electron chi connectivity index (χ1n) is 25.7. The summed E-state index contributed by atoms with van der Waals surface area (Å²) >= 11 is 6.29. The molecule has 0 aliphatic carbocycles. The van der Waals surface area contributed by atoms with E-state index in [-0.39, 0.29) is 114 Å². The number of thiophene rings is 4.